The van der Waals surface area contributed by atoms with E-state index in [4.69, 9.17) is 5.11 Å². The van der Waals surface area contributed by atoms with Crippen LogP contribution >= 0.6 is 0 Å². The van der Waals surface area contributed by atoms with Gasteiger partial charge in [-0.3, -0.25) is 4.90 Å². The Kier molecular flexibility index (Phi) is 6.00. The van der Waals surface area contributed by atoms with E-state index in [1.807, 2.05) is 14.1 Å². The molecule has 0 bridgehead atoms. The van der Waals surface area contributed by atoms with Crippen LogP contribution in [0.2, 0.25) is 0 Å². The van der Waals surface area contributed by atoms with Gasteiger partial charge in [0.25, 0.3) is 0 Å². The topological polar surface area (TPSA) is 43.8 Å². The lowest BCUT2D eigenvalue weighted by molar-refractivity contribution is 0.142. The molecule has 0 aromatic rings. The van der Waals surface area contributed by atoms with Crippen molar-refractivity contribution in [1.29, 1.82) is 0 Å². The molecule has 0 aromatic heterocycles. The van der Waals surface area contributed by atoms with E-state index in [1.54, 1.807) is 7.05 Å². The minimum Gasteiger partial charge on any atom is -0.465 e. The summed E-state index contributed by atoms with van der Waals surface area (Å²) in [7, 11) is 5.69. The number of nitrogens with zero attached hydrogens (tertiary/aromatic N) is 2. The van der Waals surface area contributed by atoms with Gasteiger partial charge in [-0.2, -0.15) is 0 Å². The van der Waals surface area contributed by atoms with E-state index in [9.17, 15) is 4.79 Å². The van der Waals surface area contributed by atoms with Crippen molar-refractivity contribution in [1.82, 2.24) is 9.80 Å². The Hall–Kier alpha value is -1.21. The van der Waals surface area contributed by atoms with E-state index in [0.717, 1.165) is 32.2 Å². The van der Waals surface area contributed by atoms with Crippen LogP contribution in [0.25, 0.3) is 0 Å². The average Bonchev–Trinajstić information content (AvgIpc) is 2.30. The normalized spacial score (nSPS) is 23.3. The van der Waals surface area contributed by atoms with Gasteiger partial charge in [0.15, 0.2) is 0 Å². The molecule has 0 radical (unpaired) electrons. The monoisotopic (exact) mass is 252 g/mol. The van der Waals surface area contributed by atoms with Gasteiger partial charge in [0.2, 0.25) is 0 Å². The smallest absolute Gasteiger partial charge is 0.407 e. The van der Waals surface area contributed by atoms with Gasteiger partial charge in [0.05, 0.1) is 6.54 Å². The van der Waals surface area contributed by atoms with Gasteiger partial charge in [-0.1, -0.05) is 11.8 Å². The van der Waals surface area contributed by atoms with Gasteiger partial charge >= 0.3 is 6.09 Å². The Morgan fingerprint density at radius 1 is 1.22 bits per heavy atom. The molecule has 0 unspecified atom stereocenters. The molecule has 4 nitrogen and oxygen atoms in total. The van der Waals surface area contributed by atoms with Crippen molar-refractivity contribution in [2.24, 2.45) is 11.8 Å². The SMILES string of the molecule is CN(C)CC#CC1CCC(CN(C)C(=O)O)CC1. The minimum absolute atomic E-state index is 0.510. The maximum atomic E-state index is 10.7. The summed E-state index contributed by atoms with van der Waals surface area (Å²) in [5.41, 5.74) is 0. The molecule has 1 fully saturated rings. The van der Waals surface area contributed by atoms with Crippen molar-refractivity contribution in [3.05, 3.63) is 0 Å². The number of amides is 1. The summed E-state index contributed by atoms with van der Waals surface area (Å²) in [5, 5.41) is 8.83. The van der Waals surface area contributed by atoms with Crippen LogP contribution < -0.4 is 0 Å². The fraction of sp³-hybridized carbons (Fsp3) is 0.786. The molecule has 102 valence electrons. The predicted octanol–water partition coefficient (Wildman–Crippen LogP) is 1.97. The third kappa shape index (κ3) is 5.42. The number of hydrogen-bond donors (Lipinski definition) is 1. The van der Waals surface area contributed by atoms with Crippen molar-refractivity contribution < 1.29 is 9.90 Å². The molecule has 1 N–H and O–H groups in total. The van der Waals surface area contributed by atoms with Gasteiger partial charge in [-0.05, 0) is 45.7 Å². The summed E-state index contributed by atoms with van der Waals surface area (Å²) in [6.07, 6.45) is 3.58. The van der Waals surface area contributed by atoms with E-state index in [-0.39, 0.29) is 0 Å². The minimum atomic E-state index is -0.831. The Labute approximate surface area is 110 Å². The molecule has 1 saturated carbocycles. The van der Waals surface area contributed by atoms with Gasteiger partial charge < -0.3 is 10.0 Å². The Morgan fingerprint density at radius 3 is 2.33 bits per heavy atom. The molecule has 18 heavy (non-hydrogen) atoms. The van der Waals surface area contributed by atoms with Crippen LogP contribution in [0.4, 0.5) is 4.79 Å². The second-order valence-electron chi connectivity index (χ2n) is 5.44. The summed E-state index contributed by atoms with van der Waals surface area (Å²) >= 11 is 0. The lowest BCUT2D eigenvalue weighted by Gasteiger charge is -2.28. The zero-order valence-corrected chi connectivity index (χ0v) is 11.6. The van der Waals surface area contributed by atoms with Crippen molar-refractivity contribution in [3.8, 4) is 11.8 Å². The van der Waals surface area contributed by atoms with Crippen LogP contribution in [-0.4, -0.2) is 55.2 Å². The summed E-state index contributed by atoms with van der Waals surface area (Å²) in [5.74, 6) is 7.55. The zero-order valence-electron chi connectivity index (χ0n) is 11.6. The van der Waals surface area contributed by atoms with Crippen LogP contribution in [0, 0.1) is 23.7 Å². The molecule has 0 atom stereocenters. The van der Waals surface area contributed by atoms with Crippen molar-refractivity contribution in [2.45, 2.75) is 25.7 Å². The third-order valence-electron chi connectivity index (χ3n) is 3.41. The molecule has 4 heteroatoms. The maximum Gasteiger partial charge on any atom is 0.407 e. The van der Waals surface area contributed by atoms with Crippen LogP contribution in [0.3, 0.4) is 0 Å². The van der Waals surface area contributed by atoms with E-state index >= 15 is 0 Å². The van der Waals surface area contributed by atoms with Crippen LogP contribution in [-0.2, 0) is 0 Å². The standard InChI is InChI=1S/C14H24N2O2/c1-15(2)10-4-5-12-6-8-13(9-7-12)11-16(3)14(17)18/h12-13H,6-11H2,1-3H3,(H,17,18). The highest BCUT2D eigenvalue weighted by atomic mass is 16.4. The zero-order chi connectivity index (χ0) is 13.5. The second-order valence-corrected chi connectivity index (χ2v) is 5.44. The number of rotatable bonds is 3. The first-order valence-electron chi connectivity index (χ1n) is 6.56. The highest BCUT2D eigenvalue weighted by molar-refractivity contribution is 5.64. The second kappa shape index (κ2) is 7.27. The Bertz CT molecular complexity index is 322. The summed E-state index contributed by atoms with van der Waals surface area (Å²) in [4.78, 5) is 14.2. The van der Waals surface area contributed by atoms with E-state index in [0.29, 0.717) is 18.4 Å². The van der Waals surface area contributed by atoms with Gasteiger partial charge in [0.1, 0.15) is 0 Å². The molecule has 1 aliphatic carbocycles. The van der Waals surface area contributed by atoms with E-state index in [1.165, 1.54) is 4.90 Å². The van der Waals surface area contributed by atoms with Crippen molar-refractivity contribution >= 4 is 6.09 Å². The molecule has 1 amide bonds. The van der Waals surface area contributed by atoms with Gasteiger partial charge in [-0.15, -0.1) is 0 Å². The number of carboxylic acid groups (broad SMARTS) is 1. The van der Waals surface area contributed by atoms with E-state index in [2.05, 4.69) is 16.7 Å². The van der Waals surface area contributed by atoms with Crippen molar-refractivity contribution in [2.75, 3.05) is 34.2 Å². The number of carbonyl (C=O) groups is 1. The predicted molar refractivity (Wildman–Crippen MR) is 72.4 cm³/mol. The molecular formula is C14H24N2O2. The number of hydrogen-bond acceptors (Lipinski definition) is 2. The van der Waals surface area contributed by atoms with Gasteiger partial charge in [-0.25, -0.2) is 4.79 Å². The lowest BCUT2D eigenvalue weighted by Crippen LogP contribution is -2.32. The Morgan fingerprint density at radius 2 is 1.83 bits per heavy atom. The molecule has 0 aliphatic heterocycles. The third-order valence-corrected chi connectivity index (χ3v) is 3.41. The summed E-state index contributed by atoms with van der Waals surface area (Å²) in [6.45, 7) is 1.48. The first kappa shape index (κ1) is 14.8. The van der Waals surface area contributed by atoms with Crippen LogP contribution in [0.15, 0.2) is 0 Å². The largest absolute Gasteiger partial charge is 0.465 e. The van der Waals surface area contributed by atoms with Crippen LogP contribution in [0.5, 0.6) is 0 Å². The molecule has 0 spiro atoms. The fourth-order valence-electron chi connectivity index (χ4n) is 2.30. The average molecular weight is 252 g/mol. The maximum absolute atomic E-state index is 10.7. The molecule has 0 saturated heterocycles. The molecule has 1 aliphatic rings. The fourth-order valence-corrected chi connectivity index (χ4v) is 2.30. The lowest BCUT2D eigenvalue weighted by atomic mass is 9.82. The Balaban J connectivity index is 2.27. The molecule has 0 heterocycles. The first-order chi connectivity index (χ1) is 8.49. The highest BCUT2D eigenvalue weighted by Gasteiger charge is 2.22. The first-order valence-corrected chi connectivity index (χ1v) is 6.56. The van der Waals surface area contributed by atoms with E-state index < -0.39 is 6.09 Å². The quantitative estimate of drug-likeness (QED) is 0.781. The molecule has 0 aromatic carbocycles. The van der Waals surface area contributed by atoms with Crippen LogP contribution in [0.1, 0.15) is 25.7 Å². The highest BCUT2D eigenvalue weighted by Crippen LogP contribution is 2.28. The van der Waals surface area contributed by atoms with Gasteiger partial charge in [0, 0.05) is 19.5 Å². The summed E-state index contributed by atoms with van der Waals surface area (Å²) < 4.78 is 0. The summed E-state index contributed by atoms with van der Waals surface area (Å²) in [6, 6.07) is 0. The van der Waals surface area contributed by atoms with Crippen molar-refractivity contribution in [3.63, 3.8) is 0 Å². The molecule has 1 rings (SSSR count). The molecular weight excluding hydrogens is 228 g/mol.